The fourth-order valence-electron chi connectivity index (χ4n) is 1.34. The summed E-state index contributed by atoms with van der Waals surface area (Å²) in [6.07, 6.45) is 0. The van der Waals surface area contributed by atoms with E-state index < -0.39 is 0 Å². The number of nitrogens with zero attached hydrogens (tertiary/aromatic N) is 1. The van der Waals surface area contributed by atoms with Gasteiger partial charge in [0.25, 0.3) is 0 Å². The van der Waals surface area contributed by atoms with E-state index in [-0.39, 0.29) is 6.61 Å². The minimum Gasteiger partial charge on any atom is -0.392 e. The molecule has 0 spiro atoms. The Hall–Kier alpha value is -1.35. The molecule has 0 radical (unpaired) electrons. The molecule has 3 heteroatoms. The van der Waals surface area contributed by atoms with Crippen LogP contribution in [0.4, 0.5) is 0 Å². The minimum absolute atomic E-state index is 0.0433. The molecular weight excluding hydrogens is 152 g/mol. The molecule has 0 unspecified atom stereocenters. The van der Waals surface area contributed by atoms with E-state index in [4.69, 9.17) is 5.11 Å². The third-order valence-corrected chi connectivity index (χ3v) is 1.89. The SMILES string of the molecule is Cc1nc2c(CO)cccc2[nH]1. The quantitative estimate of drug-likeness (QED) is 0.665. The molecule has 62 valence electrons. The van der Waals surface area contributed by atoms with E-state index in [0.717, 1.165) is 22.4 Å². The summed E-state index contributed by atoms with van der Waals surface area (Å²) in [5.74, 6) is 0.880. The molecule has 0 aliphatic rings. The number of fused-ring (bicyclic) bond motifs is 1. The second-order valence-corrected chi connectivity index (χ2v) is 2.79. The maximum atomic E-state index is 8.99. The van der Waals surface area contributed by atoms with Gasteiger partial charge in [0, 0.05) is 5.56 Å². The van der Waals surface area contributed by atoms with Crippen LogP contribution < -0.4 is 0 Å². The van der Waals surface area contributed by atoms with Gasteiger partial charge in [-0.3, -0.25) is 0 Å². The molecule has 0 saturated carbocycles. The monoisotopic (exact) mass is 162 g/mol. The first-order valence-corrected chi connectivity index (χ1v) is 3.86. The number of benzene rings is 1. The topological polar surface area (TPSA) is 48.9 Å². The lowest BCUT2D eigenvalue weighted by atomic mass is 10.2. The van der Waals surface area contributed by atoms with Crippen molar-refractivity contribution in [2.75, 3.05) is 0 Å². The van der Waals surface area contributed by atoms with Crippen molar-refractivity contribution in [2.45, 2.75) is 13.5 Å². The number of para-hydroxylation sites is 1. The van der Waals surface area contributed by atoms with E-state index in [2.05, 4.69) is 9.97 Å². The van der Waals surface area contributed by atoms with Crippen LogP contribution in [0.25, 0.3) is 11.0 Å². The van der Waals surface area contributed by atoms with Crippen LogP contribution >= 0.6 is 0 Å². The van der Waals surface area contributed by atoms with Crippen molar-refractivity contribution in [3.63, 3.8) is 0 Å². The highest BCUT2D eigenvalue weighted by Gasteiger charge is 2.02. The second-order valence-electron chi connectivity index (χ2n) is 2.79. The number of aliphatic hydroxyl groups excluding tert-OH is 1. The molecule has 0 bridgehead atoms. The molecule has 0 saturated heterocycles. The molecule has 2 N–H and O–H groups in total. The number of hydrogen-bond donors (Lipinski definition) is 2. The Kier molecular flexibility index (Phi) is 1.59. The first-order valence-electron chi connectivity index (χ1n) is 3.86. The first kappa shape index (κ1) is 7.31. The number of aliphatic hydroxyl groups is 1. The molecule has 1 heterocycles. The van der Waals surface area contributed by atoms with Crippen molar-refractivity contribution < 1.29 is 5.11 Å². The van der Waals surface area contributed by atoms with Crippen molar-refractivity contribution in [1.82, 2.24) is 9.97 Å². The lowest BCUT2D eigenvalue weighted by molar-refractivity contribution is 0.283. The summed E-state index contributed by atoms with van der Waals surface area (Å²) in [5, 5.41) is 8.99. The molecule has 0 aliphatic carbocycles. The molecule has 0 atom stereocenters. The number of aromatic nitrogens is 2. The molecule has 1 aromatic carbocycles. The van der Waals surface area contributed by atoms with E-state index in [9.17, 15) is 0 Å². The van der Waals surface area contributed by atoms with Crippen molar-refractivity contribution in [2.24, 2.45) is 0 Å². The van der Waals surface area contributed by atoms with Gasteiger partial charge < -0.3 is 10.1 Å². The van der Waals surface area contributed by atoms with E-state index in [1.54, 1.807) is 0 Å². The van der Waals surface area contributed by atoms with Gasteiger partial charge in [0.15, 0.2) is 0 Å². The zero-order chi connectivity index (χ0) is 8.55. The maximum absolute atomic E-state index is 8.99. The van der Waals surface area contributed by atoms with Crippen LogP contribution in [0.3, 0.4) is 0 Å². The molecule has 0 amide bonds. The normalized spacial score (nSPS) is 10.8. The van der Waals surface area contributed by atoms with Crippen molar-refractivity contribution in [3.05, 3.63) is 29.6 Å². The van der Waals surface area contributed by atoms with Gasteiger partial charge in [0.2, 0.25) is 0 Å². The minimum atomic E-state index is 0.0433. The highest BCUT2D eigenvalue weighted by atomic mass is 16.3. The van der Waals surface area contributed by atoms with Crippen molar-refractivity contribution in [1.29, 1.82) is 0 Å². The second kappa shape index (κ2) is 2.60. The average molecular weight is 162 g/mol. The van der Waals surface area contributed by atoms with Gasteiger partial charge in [0.05, 0.1) is 17.6 Å². The van der Waals surface area contributed by atoms with Crippen molar-refractivity contribution in [3.8, 4) is 0 Å². The van der Waals surface area contributed by atoms with Gasteiger partial charge >= 0.3 is 0 Å². The molecule has 12 heavy (non-hydrogen) atoms. The number of hydrogen-bond acceptors (Lipinski definition) is 2. The smallest absolute Gasteiger partial charge is 0.104 e. The Morgan fingerprint density at radius 3 is 3.08 bits per heavy atom. The van der Waals surface area contributed by atoms with Crippen LogP contribution in [0.5, 0.6) is 0 Å². The Morgan fingerprint density at radius 1 is 1.50 bits per heavy atom. The highest BCUT2D eigenvalue weighted by molar-refractivity contribution is 5.78. The third-order valence-electron chi connectivity index (χ3n) is 1.89. The Balaban J connectivity index is 2.78. The molecule has 2 rings (SSSR count). The van der Waals surface area contributed by atoms with Crippen LogP contribution in [0.2, 0.25) is 0 Å². The maximum Gasteiger partial charge on any atom is 0.104 e. The fraction of sp³-hybridized carbons (Fsp3) is 0.222. The van der Waals surface area contributed by atoms with Crippen LogP contribution in [-0.2, 0) is 6.61 Å². The molecule has 0 aliphatic heterocycles. The van der Waals surface area contributed by atoms with Crippen LogP contribution in [-0.4, -0.2) is 15.1 Å². The van der Waals surface area contributed by atoms with Crippen LogP contribution in [0, 0.1) is 6.92 Å². The summed E-state index contributed by atoms with van der Waals surface area (Å²) in [4.78, 5) is 7.38. The Labute approximate surface area is 70.1 Å². The summed E-state index contributed by atoms with van der Waals surface area (Å²) in [6.45, 7) is 1.95. The molecule has 1 aromatic heterocycles. The summed E-state index contributed by atoms with van der Waals surface area (Å²) >= 11 is 0. The highest BCUT2D eigenvalue weighted by Crippen LogP contribution is 2.15. The zero-order valence-electron chi connectivity index (χ0n) is 6.83. The summed E-state index contributed by atoms with van der Waals surface area (Å²) in [7, 11) is 0. The predicted octanol–water partition coefficient (Wildman–Crippen LogP) is 1.36. The van der Waals surface area contributed by atoms with Crippen molar-refractivity contribution >= 4 is 11.0 Å². The number of imidazole rings is 1. The number of rotatable bonds is 1. The standard InChI is InChI=1S/C9H10N2O/c1-6-10-8-4-2-3-7(5-12)9(8)11-6/h2-4,12H,5H2,1H3,(H,10,11). The number of H-pyrrole nitrogens is 1. The molecule has 3 nitrogen and oxygen atoms in total. The van der Waals surface area contributed by atoms with Gasteiger partial charge in [-0.15, -0.1) is 0 Å². The van der Waals surface area contributed by atoms with E-state index in [1.807, 2.05) is 25.1 Å². The Morgan fingerprint density at radius 2 is 2.33 bits per heavy atom. The fourth-order valence-corrected chi connectivity index (χ4v) is 1.34. The number of nitrogens with one attached hydrogen (secondary N) is 1. The van der Waals surface area contributed by atoms with E-state index >= 15 is 0 Å². The van der Waals surface area contributed by atoms with Gasteiger partial charge in [0.1, 0.15) is 5.82 Å². The van der Waals surface area contributed by atoms with Crippen LogP contribution in [0.1, 0.15) is 11.4 Å². The molecular formula is C9H10N2O. The predicted molar refractivity (Wildman–Crippen MR) is 46.8 cm³/mol. The van der Waals surface area contributed by atoms with Gasteiger partial charge in [-0.05, 0) is 13.0 Å². The zero-order valence-corrected chi connectivity index (χ0v) is 6.83. The number of aromatic amines is 1. The summed E-state index contributed by atoms with van der Waals surface area (Å²) in [5.41, 5.74) is 2.73. The lowest BCUT2D eigenvalue weighted by Gasteiger charge is -1.94. The molecule has 0 fully saturated rings. The first-order chi connectivity index (χ1) is 5.81. The summed E-state index contributed by atoms with van der Waals surface area (Å²) in [6, 6.07) is 5.74. The van der Waals surface area contributed by atoms with E-state index in [1.165, 1.54) is 0 Å². The third kappa shape index (κ3) is 0.987. The Bertz CT molecular complexity index is 406. The summed E-state index contributed by atoms with van der Waals surface area (Å²) < 4.78 is 0. The lowest BCUT2D eigenvalue weighted by Crippen LogP contribution is -1.84. The van der Waals surface area contributed by atoms with Gasteiger partial charge in [-0.1, -0.05) is 12.1 Å². The van der Waals surface area contributed by atoms with Gasteiger partial charge in [-0.2, -0.15) is 0 Å². The number of aryl methyl sites for hydroxylation is 1. The van der Waals surface area contributed by atoms with Crippen LogP contribution in [0.15, 0.2) is 18.2 Å². The molecule has 2 aromatic rings. The largest absolute Gasteiger partial charge is 0.392 e. The average Bonchev–Trinajstić information content (AvgIpc) is 2.44. The van der Waals surface area contributed by atoms with E-state index in [0.29, 0.717) is 0 Å². The van der Waals surface area contributed by atoms with Gasteiger partial charge in [-0.25, -0.2) is 4.98 Å².